The molecule has 130 valence electrons. The predicted molar refractivity (Wildman–Crippen MR) is 99.8 cm³/mol. The van der Waals surface area contributed by atoms with E-state index >= 15 is 0 Å². The number of carbonyl (C=O) groups is 1. The average Bonchev–Trinajstić information content (AvgIpc) is 2.82. The summed E-state index contributed by atoms with van der Waals surface area (Å²) in [5.41, 5.74) is 3.61. The number of anilines is 1. The molecule has 0 bridgehead atoms. The smallest absolute Gasteiger partial charge is 0.191 e. The van der Waals surface area contributed by atoms with Crippen LogP contribution in [0.3, 0.4) is 0 Å². The number of benzene rings is 2. The number of fused-ring (bicyclic) bond motifs is 1. The SMILES string of the molecule is COc1ccc(C(=O)/C=C2/N(C)c3ccccc3C2(C)C)c(OC)c1. The third kappa shape index (κ3) is 2.78. The van der Waals surface area contributed by atoms with E-state index in [4.69, 9.17) is 9.47 Å². The topological polar surface area (TPSA) is 38.8 Å². The van der Waals surface area contributed by atoms with Gasteiger partial charge in [-0.25, -0.2) is 0 Å². The van der Waals surface area contributed by atoms with Crippen LogP contribution in [0.5, 0.6) is 11.5 Å². The Balaban J connectivity index is 2.03. The summed E-state index contributed by atoms with van der Waals surface area (Å²) in [6, 6.07) is 13.5. The van der Waals surface area contributed by atoms with E-state index in [0.29, 0.717) is 17.1 Å². The lowest BCUT2D eigenvalue weighted by atomic mass is 9.83. The Morgan fingerprint density at radius 1 is 1.08 bits per heavy atom. The van der Waals surface area contributed by atoms with Crippen molar-refractivity contribution in [3.63, 3.8) is 0 Å². The number of likely N-dealkylation sites (N-methyl/N-ethyl adjacent to an activating group) is 1. The summed E-state index contributed by atoms with van der Waals surface area (Å²) in [4.78, 5) is 15.0. The van der Waals surface area contributed by atoms with E-state index in [2.05, 4.69) is 30.9 Å². The molecule has 0 unspecified atom stereocenters. The van der Waals surface area contributed by atoms with E-state index in [1.807, 2.05) is 19.2 Å². The van der Waals surface area contributed by atoms with E-state index in [1.165, 1.54) is 5.56 Å². The second kappa shape index (κ2) is 6.28. The lowest BCUT2D eigenvalue weighted by Crippen LogP contribution is -2.24. The highest BCUT2D eigenvalue weighted by atomic mass is 16.5. The molecular formula is C21H23NO3. The molecule has 0 fully saturated rings. The summed E-state index contributed by atoms with van der Waals surface area (Å²) in [5, 5.41) is 0. The van der Waals surface area contributed by atoms with Crippen LogP contribution in [0.1, 0.15) is 29.8 Å². The van der Waals surface area contributed by atoms with Crippen LogP contribution in [-0.4, -0.2) is 27.1 Å². The Morgan fingerprint density at radius 3 is 2.44 bits per heavy atom. The van der Waals surface area contributed by atoms with Gasteiger partial charge in [0.15, 0.2) is 5.78 Å². The normalized spacial score (nSPS) is 16.7. The van der Waals surface area contributed by atoms with Crippen LogP contribution in [0.15, 0.2) is 54.2 Å². The molecule has 0 saturated carbocycles. The molecule has 4 heteroatoms. The van der Waals surface area contributed by atoms with Gasteiger partial charge in [0.2, 0.25) is 0 Å². The van der Waals surface area contributed by atoms with Gasteiger partial charge in [-0.1, -0.05) is 32.0 Å². The number of methoxy groups -OCH3 is 2. The lowest BCUT2D eigenvalue weighted by molar-refractivity contribution is 0.104. The van der Waals surface area contributed by atoms with Gasteiger partial charge in [-0.15, -0.1) is 0 Å². The Bertz CT molecular complexity index is 852. The zero-order chi connectivity index (χ0) is 18.2. The number of hydrogen-bond donors (Lipinski definition) is 0. The van der Waals surface area contributed by atoms with Gasteiger partial charge < -0.3 is 14.4 Å². The molecule has 0 spiro atoms. The Hall–Kier alpha value is -2.75. The monoisotopic (exact) mass is 337 g/mol. The quantitative estimate of drug-likeness (QED) is 0.619. The van der Waals surface area contributed by atoms with Gasteiger partial charge >= 0.3 is 0 Å². The first-order valence-electron chi connectivity index (χ1n) is 8.22. The highest BCUT2D eigenvalue weighted by Crippen LogP contribution is 2.46. The maximum atomic E-state index is 12.9. The van der Waals surface area contributed by atoms with Gasteiger partial charge in [-0.3, -0.25) is 4.79 Å². The third-order valence-electron chi connectivity index (χ3n) is 4.88. The molecule has 0 radical (unpaired) electrons. The number of carbonyl (C=O) groups excluding carboxylic acids is 1. The van der Waals surface area contributed by atoms with Crippen molar-refractivity contribution >= 4 is 11.5 Å². The summed E-state index contributed by atoms with van der Waals surface area (Å²) in [5.74, 6) is 1.09. The van der Waals surface area contributed by atoms with E-state index < -0.39 is 0 Å². The van der Waals surface area contributed by atoms with Crippen molar-refractivity contribution in [2.45, 2.75) is 19.3 Å². The van der Waals surface area contributed by atoms with Crippen LogP contribution in [-0.2, 0) is 5.41 Å². The fourth-order valence-corrected chi connectivity index (χ4v) is 3.46. The molecule has 0 saturated heterocycles. The zero-order valence-electron chi connectivity index (χ0n) is 15.3. The van der Waals surface area contributed by atoms with Gasteiger partial charge in [0, 0.05) is 36.0 Å². The summed E-state index contributed by atoms with van der Waals surface area (Å²) < 4.78 is 10.6. The molecule has 3 rings (SSSR count). The van der Waals surface area contributed by atoms with Crippen molar-refractivity contribution in [3.05, 3.63) is 65.4 Å². The molecule has 25 heavy (non-hydrogen) atoms. The van der Waals surface area contributed by atoms with E-state index in [9.17, 15) is 4.79 Å². The lowest BCUT2D eigenvalue weighted by Gasteiger charge is -2.24. The van der Waals surface area contributed by atoms with Crippen LogP contribution in [0.25, 0.3) is 0 Å². The molecule has 0 aromatic heterocycles. The summed E-state index contributed by atoms with van der Waals surface area (Å²) in [6.07, 6.45) is 1.71. The minimum Gasteiger partial charge on any atom is -0.497 e. The number of rotatable bonds is 4. The number of ketones is 1. The van der Waals surface area contributed by atoms with Crippen LogP contribution in [0.4, 0.5) is 5.69 Å². The number of nitrogens with zero attached hydrogens (tertiary/aromatic N) is 1. The molecule has 0 atom stereocenters. The van der Waals surface area contributed by atoms with Crippen LogP contribution in [0.2, 0.25) is 0 Å². The predicted octanol–water partition coefficient (Wildman–Crippen LogP) is 4.20. The van der Waals surface area contributed by atoms with Crippen molar-refractivity contribution in [1.29, 1.82) is 0 Å². The van der Waals surface area contributed by atoms with Crippen molar-refractivity contribution < 1.29 is 14.3 Å². The Labute approximate surface area is 148 Å². The standard InChI is InChI=1S/C21H23NO3/c1-21(2)16-8-6-7-9-17(16)22(3)20(21)13-18(23)15-11-10-14(24-4)12-19(15)25-5/h6-13H,1-5H3/b20-13+. The van der Waals surface area contributed by atoms with E-state index in [0.717, 1.165) is 11.4 Å². The van der Waals surface area contributed by atoms with Crippen LogP contribution in [0, 0.1) is 0 Å². The zero-order valence-corrected chi connectivity index (χ0v) is 15.3. The van der Waals surface area contributed by atoms with Crippen molar-refractivity contribution in [1.82, 2.24) is 0 Å². The fraction of sp³-hybridized carbons (Fsp3) is 0.286. The molecular weight excluding hydrogens is 314 g/mol. The first kappa shape index (κ1) is 17.1. The molecule has 1 aliphatic heterocycles. The first-order valence-corrected chi connectivity index (χ1v) is 8.22. The van der Waals surface area contributed by atoms with Crippen LogP contribution >= 0.6 is 0 Å². The molecule has 0 amide bonds. The number of hydrogen-bond acceptors (Lipinski definition) is 4. The third-order valence-corrected chi connectivity index (χ3v) is 4.88. The summed E-state index contributed by atoms with van der Waals surface area (Å²) in [7, 11) is 5.14. The molecule has 4 nitrogen and oxygen atoms in total. The Kier molecular flexibility index (Phi) is 4.29. The molecule has 0 N–H and O–H groups in total. The molecule has 0 aliphatic carbocycles. The minimum atomic E-state index is -0.235. The second-order valence-corrected chi connectivity index (χ2v) is 6.66. The van der Waals surface area contributed by atoms with Gasteiger partial charge in [-0.05, 0) is 23.8 Å². The number of allylic oxidation sites excluding steroid dienone is 2. The largest absolute Gasteiger partial charge is 0.497 e. The van der Waals surface area contributed by atoms with Gasteiger partial charge in [0.05, 0.1) is 19.8 Å². The highest BCUT2D eigenvalue weighted by Gasteiger charge is 2.38. The Morgan fingerprint density at radius 2 is 1.80 bits per heavy atom. The molecule has 2 aromatic rings. The first-order chi connectivity index (χ1) is 11.9. The van der Waals surface area contributed by atoms with Crippen molar-refractivity contribution in [2.24, 2.45) is 0 Å². The number of para-hydroxylation sites is 1. The molecule has 1 heterocycles. The fourth-order valence-electron chi connectivity index (χ4n) is 3.46. The highest BCUT2D eigenvalue weighted by molar-refractivity contribution is 6.07. The summed E-state index contributed by atoms with van der Waals surface area (Å²) >= 11 is 0. The van der Waals surface area contributed by atoms with Crippen molar-refractivity contribution in [3.8, 4) is 11.5 Å². The van der Waals surface area contributed by atoms with Crippen molar-refractivity contribution in [2.75, 3.05) is 26.2 Å². The van der Waals surface area contributed by atoms with E-state index in [1.54, 1.807) is 38.5 Å². The molecule has 1 aliphatic rings. The number of ether oxygens (including phenoxy) is 2. The minimum absolute atomic E-state index is 0.0813. The second-order valence-electron chi connectivity index (χ2n) is 6.66. The van der Waals surface area contributed by atoms with Crippen LogP contribution < -0.4 is 14.4 Å². The van der Waals surface area contributed by atoms with E-state index in [-0.39, 0.29) is 11.2 Å². The maximum absolute atomic E-state index is 12.9. The average molecular weight is 337 g/mol. The molecule has 2 aromatic carbocycles. The maximum Gasteiger partial charge on any atom is 0.191 e. The summed E-state index contributed by atoms with van der Waals surface area (Å²) in [6.45, 7) is 4.28. The van der Waals surface area contributed by atoms with Gasteiger partial charge in [0.25, 0.3) is 0 Å². The van der Waals surface area contributed by atoms with Gasteiger partial charge in [-0.2, -0.15) is 0 Å². The van der Waals surface area contributed by atoms with Gasteiger partial charge in [0.1, 0.15) is 11.5 Å².